The van der Waals surface area contributed by atoms with E-state index in [-0.39, 0.29) is 62.6 Å². The van der Waals surface area contributed by atoms with Gasteiger partial charge in [0.15, 0.2) is 0 Å². The summed E-state index contributed by atoms with van der Waals surface area (Å²) in [5, 5.41) is 50.2. The number of nitro benzene ring substituents is 2. The van der Waals surface area contributed by atoms with E-state index in [4.69, 9.17) is 24.2 Å². The summed E-state index contributed by atoms with van der Waals surface area (Å²) in [6, 6.07) is 36.4. The molecule has 1 amide bonds. The van der Waals surface area contributed by atoms with Gasteiger partial charge in [-0.05, 0) is 143 Å². The summed E-state index contributed by atoms with van der Waals surface area (Å²) < 4.78 is 35.9. The number of nitro groups is 2. The minimum absolute atomic E-state index is 0.000925. The molecule has 1 saturated carbocycles. The number of fused-ring (bicyclic) bond motifs is 3. The third-order valence-corrected chi connectivity index (χ3v) is 14.6. The summed E-state index contributed by atoms with van der Waals surface area (Å²) in [6.45, 7) is 3.99. The molecule has 0 aromatic heterocycles. The first kappa shape index (κ1) is 52.8. The van der Waals surface area contributed by atoms with Crippen molar-refractivity contribution < 1.29 is 48.3 Å². The number of hydrogen-bond donors (Lipinski definition) is 2. The lowest BCUT2D eigenvalue weighted by Gasteiger charge is -2.60. The van der Waals surface area contributed by atoms with Crippen LogP contribution < -0.4 is 9.47 Å². The number of oxime groups is 1. The molecular weight excluding hydrogens is 972 g/mol. The molecule has 392 valence electrons. The highest BCUT2D eigenvalue weighted by Gasteiger charge is 2.65. The number of aliphatic hydroxyl groups excluding tert-OH is 2. The van der Waals surface area contributed by atoms with Gasteiger partial charge in [0.1, 0.15) is 35.7 Å². The van der Waals surface area contributed by atoms with Crippen LogP contribution in [0.25, 0.3) is 16.8 Å². The van der Waals surface area contributed by atoms with Crippen LogP contribution in [0.15, 0.2) is 169 Å². The average molecular weight is 1030 g/mol. The largest absolute Gasteiger partial charge is 0.459 e. The second kappa shape index (κ2) is 24.1. The van der Waals surface area contributed by atoms with Gasteiger partial charge in [0.05, 0.1) is 28.1 Å². The van der Waals surface area contributed by atoms with Gasteiger partial charge in [-0.1, -0.05) is 72.6 Å². The van der Waals surface area contributed by atoms with Crippen molar-refractivity contribution in [3.63, 3.8) is 0 Å². The number of allylic oxidation sites excluding steroid dienone is 1. The fourth-order valence-corrected chi connectivity index (χ4v) is 11.1. The second-order valence-corrected chi connectivity index (χ2v) is 19.4. The maximum Gasteiger partial charge on any atom is 0.269 e. The zero-order valence-electron chi connectivity index (χ0n) is 41.8. The number of amides is 1. The SMILES string of the molecule is C=CCO[C@@]12Oc3ccc(Oc4ccc5ccccc5c4)cc3[C@H]3[C@H](CCCCO)[C@@H](CCCCO)C=C(C(=NOCc4ccc([N+](=O)[O-])cc4)C[C@@H]1N(Cc1ccc(F)cc1)C(=O)C=Cc1ccc([N+](=O)[O-])cc1)[C@H]32. The third-order valence-electron chi connectivity index (χ3n) is 14.6. The molecule has 2 N–H and O–H groups in total. The highest BCUT2D eigenvalue weighted by atomic mass is 19.1. The van der Waals surface area contributed by atoms with Crippen LogP contribution in [0.5, 0.6) is 17.2 Å². The molecule has 9 rings (SSSR count). The highest BCUT2D eigenvalue weighted by Crippen LogP contribution is 2.62. The number of unbranched alkanes of at least 4 members (excludes halogenated alkanes) is 2. The predicted molar refractivity (Wildman–Crippen MR) is 286 cm³/mol. The Morgan fingerprint density at radius 1 is 0.816 bits per heavy atom. The summed E-state index contributed by atoms with van der Waals surface area (Å²) >= 11 is 0. The fourth-order valence-electron chi connectivity index (χ4n) is 11.1. The molecule has 0 radical (unpaired) electrons. The summed E-state index contributed by atoms with van der Waals surface area (Å²) in [6.07, 6.45) is 10.8. The number of aliphatic hydroxyl groups is 2. The van der Waals surface area contributed by atoms with E-state index in [0.717, 1.165) is 28.3 Å². The van der Waals surface area contributed by atoms with E-state index in [0.29, 0.717) is 71.8 Å². The second-order valence-electron chi connectivity index (χ2n) is 19.4. The Hall–Kier alpha value is -8.05. The number of carbonyl (C=O) groups is 1. The van der Waals surface area contributed by atoms with E-state index in [1.165, 1.54) is 42.5 Å². The molecule has 1 aliphatic heterocycles. The van der Waals surface area contributed by atoms with Gasteiger partial charge in [-0.3, -0.25) is 25.0 Å². The lowest BCUT2D eigenvalue weighted by molar-refractivity contribution is -0.385. The molecule has 16 heteroatoms. The number of rotatable bonds is 23. The Morgan fingerprint density at radius 2 is 1.47 bits per heavy atom. The van der Waals surface area contributed by atoms with Crippen LogP contribution in [0.2, 0.25) is 0 Å². The van der Waals surface area contributed by atoms with Gasteiger partial charge in [-0.25, -0.2) is 4.39 Å². The Balaban J connectivity index is 1.24. The number of ether oxygens (including phenoxy) is 3. The summed E-state index contributed by atoms with van der Waals surface area (Å²) in [5.41, 5.74) is 3.71. The van der Waals surface area contributed by atoms with Crippen molar-refractivity contribution in [2.75, 3.05) is 19.8 Å². The Bertz CT molecular complexity index is 3150. The normalized spacial score (nSPS) is 21.0. The van der Waals surface area contributed by atoms with E-state index in [9.17, 15) is 34.8 Å². The standard InChI is InChI=1S/C60H59FN4O11/c1-2-33-73-60-56(63(38-41-13-21-46(61)22-14-41)57(68)30-19-40-15-23-47(24-16-40)64(69)70)37-54(62-74-39-42-17-25-48(26-18-42)65(71)72)52-35-45(11-5-7-31-66)51(12-6-8-32-67)58(59(52)60)53-36-50(28-29-55(53)76-60)75-49-27-20-43-9-3-4-10-44(43)34-49/h2-4,9-10,13-30,34-36,45,51,56,58-59,66-67H,1,5-8,11-12,31-33,37-39H2/t45-,51+,56-,58+,59+,60+/m0/s1. The number of nitrogens with zero attached hydrogens (tertiary/aromatic N) is 4. The molecule has 0 unspecified atom stereocenters. The fraction of sp³-hybridized carbons (Fsp3) is 0.300. The first-order valence-electron chi connectivity index (χ1n) is 25.6. The van der Waals surface area contributed by atoms with Crippen molar-refractivity contribution in [3.8, 4) is 17.2 Å². The number of carbonyl (C=O) groups excluding carboxylic acids is 1. The van der Waals surface area contributed by atoms with E-state index >= 15 is 4.79 Å². The van der Waals surface area contributed by atoms with Crippen molar-refractivity contribution in [2.45, 2.75) is 75.8 Å². The van der Waals surface area contributed by atoms with Gasteiger partial charge >= 0.3 is 0 Å². The van der Waals surface area contributed by atoms with Crippen LogP contribution in [-0.4, -0.2) is 68.2 Å². The van der Waals surface area contributed by atoms with Crippen LogP contribution in [0, 0.1) is 43.8 Å². The van der Waals surface area contributed by atoms with Gasteiger partial charge in [-0.2, -0.15) is 0 Å². The van der Waals surface area contributed by atoms with E-state index in [2.05, 4.69) is 12.7 Å². The summed E-state index contributed by atoms with van der Waals surface area (Å²) in [7, 11) is 0. The third kappa shape index (κ3) is 11.7. The number of halogens is 1. The number of non-ortho nitro benzene ring substituents is 2. The van der Waals surface area contributed by atoms with Gasteiger partial charge in [0, 0.05) is 68.0 Å². The van der Waals surface area contributed by atoms with Crippen molar-refractivity contribution in [1.29, 1.82) is 0 Å². The number of hydrogen-bond acceptors (Lipinski definition) is 12. The number of benzene rings is 6. The highest BCUT2D eigenvalue weighted by molar-refractivity contribution is 6.03. The predicted octanol–water partition coefficient (Wildman–Crippen LogP) is 12.2. The average Bonchev–Trinajstić information content (AvgIpc) is 3.60. The zero-order valence-corrected chi connectivity index (χ0v) is 41.8. The Morgan fingerprint density at radius 3 is 2.17 bits per heavy atom. The Labute approximate surface area is 439 Å². The van der Waals surface area contributed by atoms with Crippen molar-refractivity contribution >= 4 is 39.8 Å². The minimum Gasteiger partial charge on any atom is -0.459 e. The molecule has 6 atom stereocenters. The summed E-state index contributed by atoms with van der Waals surface area (Å²) in [4.78, 5) is 45.2. The molecule has 6 aromatic rings. The lowest BCUT2D eigenvalue weighted by atomic mass is 9.55. The van der Waals surface area contributed by atoms with Crippen molar-refractivity contribution in [3.05, 3.63) is 212 Å². The molecule has 1 fully saturated rings. The van der Waals surface area contributed by atoms with Crippen LogP contribution in [0.3, 0.4) is 0 Å². The molecule has 15 nitrogen and oxygen atoms in total. The quantitative estimate of drug-likeness (QED) is 0.0204. The molecule has 0 spiro atoms. The van der Waals surface area contributed by atoms with Crippen LogP contribution in [-0.2, 0) is 27.5 Å². The summed E-state index contributed by atoms with van der Waals surface area (Å²) in [5.74, 6) is -2.14. The lowest BCUT2D eigenvalue weighted by Crippen LogP contribution is -2.70. The maximum atomic E-state index is 15.3. The van der Waals surface area contributed by atoms with Gasteiger partial charge < -0.3 is 34.2 Å². The van der Waals surface area contributed by atoms with Gasteiger partial charge in [0.25, 0.3) is 11.4 Å². The monoisotopic (exact) mass is 1030 g/mol. The minimum atomic E-state index is -1.65. The molecule has 76 heavy (non-hydrogen) atoms. The molecule has 1 heterocycles. The molecule has 3 aliphatic rings. The molecule has 0 bridgehead atoms. The van der Waals surface area contributed by atoms with Crippen molar-refractivity contribution in [2.24, 2.45) is 22.9 Å². The zero-order chi connectivity index (χ0) is 53.2. The van der Waals surface area contributed by atoms with E-state index < -0.39 is 45.2 Å². The van der Waals surface area contributed by atoms with Crippen molar-refractivity contribution in [1.82, 2.24) is 4.90 Å². The molecule has 6 aromatic carbocycles. The Kier molecular flexibility index (Phi) is 16.7. The first-order chi connectivity index (χ1) is 37.0. The molecule has 0 saturated heterocycles. The van der Waals surface area contributed by atoms with Crippen LogP contribution in [0.4, 0.5) is 15.8 Å². The molecule has 2 aliphatic carbocycles. The van der Waals surface area contributed by atoms with Gasteiger partial charge in [-0.15, -0.1) is 6.58 Å². The van der Waals surface area contributed by atoms with Crippen LogP contribution >= 0.6 is 0 Å². The van der Waals surface area contributed by atoms with Crippen LogP contribution in [0.1, 0.15) is 73.1 Å². The van der Waals surface area contributed by atoms with Gasteiger partial charge in [0.2, 0.25) is 11.7 Å². The first-order valence-corrected chi connectivity index (χ1v) is 25.6. The topological polar surface area (TPSA) is 196 Å². The van der Waals surface area contributed by atoms with E-state index in [1.54, 1.807) is 53.5 Å². The van der Waals surface area contributed by atoms with E-state index in [1.807, 2.05) is 60.7 Å². The maximum absolute atomic E-state index is 15.3. The molecular formula is C60H59FN4O11. The smallest absolute Gasteiger partial charge is 0.269 e.